The van der Waals surface area contributed by atoms with E-state index in [2.05, 4.69) is 71.7 Å². The predicted octanol–water partition coefficient (Wildman–Crippen LogP) is 2.62. The minimum absolute atomic E-state index is 0.0945. The summed E-state index contributed by atoms with van der Waals surface area (Å²) in [6.07, 6.45) is 0. The van der Waals surface area contributed by atoms with Gasteiger partial charge in [-0.05, 0) is 51.6 Å². The largest absolute Gasteiger partial charge is 0.360 e. The summed E-state index contributed by atoms with van der Waals surface area (Å²) in [5.74, 6) is 0. The monoisotopic (exact) mass is 325 g/mol. The Morgan fingerprint density at radius 3 is 2.68 bits per heavy atom. The first-order valence-electron chi connectivity index (χ1n) is 6.79. The van der Waals surface area contributed by atoms with E-state index in [4.69, 9.17) is 5.73 Å². The summed E-state index contributed by atoms with van der Waals surface area (Å²) in [4.78, 5) is 4.87. The van der Waals surface area contributed by atoms with Crippen LogP contribution in [-0.2, 0) is 0 Å². The molecule has 106 valence electrons. The Labute approximate surface area is 124 Å². The molecule has 1 aliphatic rings. The number of aryl methyl sites for hydroxylation is 1. The molecule has 4 heteroatoms. The van der Waals surface area contributed by atoms with E-state index in [1.165, 1.54) is 11.3 Å². The topological polar surface area (TPSA) is 32.5 Å². The van der Waals surface area contributed by atoms with Crippen molar-refractivity contribution in [1.82, 2.24) is 4.90 Å². The number of halogens is 1. The van der Waals surface area contributed by atoms with Gasteiger partial charge in [0.15, 0.2) is 0 Å². The van der Waals surface area contributed by atoms with Gasteiger partial charge in [-0.1, -0.05) is 15.9 Å². The Balaban J connectivity index is 2.40. The third-order valence-electron chi connectivity index (χ3n) is 3.89. The number of benzene rings is 1. The van der Waals surface area contributed by atoms with Crippen LogP contribution in [0.4, 0.5) is 5.69 Å². The maximum absolute atomic E-state index is 6.00. The number of rotatable bonds is 2. The van der Waals surface area contributed by atoms with Crippen LogP contribution in [0, 0.1) is 6.92 Å². The number of hydrogen-bond acceptors (Lipinski definition) is 3. The van der Waals surface area contributed by atoms with E-state index < -0.39 is 0 Å². The Hall–Kier alpha value is -0.580. The summed E-state index contributed by atoms with van der Waals surface area (Å²) < 4.78 is 1.16. The van der Waals surface area contributed by atoms with Gasteiger partial charge in [0.2, 0.25) is 0 Å². The van der Waals surface area contributed by atoms with Gasteiger partial charge in [-0.15, -0.1) is 0 Å². The standard InChI is InChI=1S/C15H24BrN3/c1-11-7-12(5-6-14(11)16)19-13(8-17)9-18(4)10-15(19,2)3/h5-7,13H,8-10,17H2,1-4H3. The lowest BCUT2D eigenvalue weighted by Crippen LogP contribution is -2.65. The van der Waals surface area contributed by atoms with E-state index in [0.717, 1.165) is 17.6 Å². The van der Waals surface area contributed by atoms with Gasteiger partial charge in [0.1, 0.15) is 0 Å². The highest BCUT2D eigenvalue weighted by molar-refractivity contribution is 9.10. The molecule has 2 N–H and O–H groups in total. The smallest absolute Gasteiger partial charge is 0.0545 e. The van der Waals surface area contributed by atoms with Gasteiger partial charge in [0, 0.05) is 35.3 Å². The fourth-order valence-electron chi connectivity index (χ4n) is 3.26. The molecule has 0 spiro atoms. The highest BCUT2D eigenvalue weighted by Crippen LogP contribution is 2.32. The SMILES string of the molecule is Cc1cc(N2C(CN)CN(C)CC2(C)C)ccc1Br. The summed E-state index contributed by atoms with van der Waals surface area (Å²) in [5, 5.41) is 0. The molecular formula is C15H24BrN3. The normalized spacial score (nSPS) is 23.7. The number of nitrogens with zero attached hydrogens (tertiary/aromatic N) is 2. The third-order valence-corrected chi connectivity index (χ3v) is 4.78. The molecule has 3 nitrogen and oxygen atoms in total. The van der Waals surface area contributed by atoms with Crippen LogP contribution in [0.3, 0.4) is 0 Å². The van der Waals surface area contributed by atoms with Crippen LogP contribution >= 0.6 is 15.9 Å². The Kier molecular flexibility index (Phi) is 4.23. The summed E-state index contributed by atoms with van der Waals surface area (Å²) in [5.41, 5.74) is 8.64. The van der Waals surface area contributed by atoms with Gasteiger partial charge < -0.3 is 15.5 Å². The zero-order valence-corrected chi connectivity index (χ0v) is 13.9. The van der Waals surface area contributed by atoms with Gasteiger partial charge in [-0.25, -0.2) is 0 Å². The minimum atomic E-state index is 0.0945. The van der Waals surface area contributed by atoms with E-state index in [1.807, 2.05) is 0 Å². The second-order valence-electron chi connectivity index (χ2n) is 6.20. The average Bonchev–Trinajstić information content (AvgIpc) is 2.31. The zero-order chi connectivity index (χ0) is 14.2. The first-order chi connectivity index (χ1) is 8.85. The molecule has 1 unspecified atom stereocenters. The molecule has 1 fully saturated rings. The van der Waals surface area contributed by atoms with Crippen molar-refractivity contribution < 1.29 is 0 Å². The van der Waals surface area contributed by atoms with E-state index in [1.54, 1.807) is 0 Å². The fraction of sp³-hybridized carbons (Fsp3) is 0.600. The third kappa shape index (κ3) is 2.96. The molecular weight excluding hydrogens is 302 g/mol. The minimum Gasteiger partial charge on any atom is -0.360 e. The Morgan fingerprint density at radius 2 is 2.11 bits per heavy atom. The lowest BCUT2D eigenvalue weighted by Gasteiger charge is -2.52. The first kappa shape index (κ1) is 14.8. The zero-order valence-electron chi connectivity index (χ0n) is 12.3. The van der Waals surface area contributed by atoms with Crippen molar-refractivity contribution >= 4 is 21.6 Å². The average molecular weight is 326 g/mol. The number of hydrogen-bond donors (Lipinski definition) is 1. The Bertz CT molecular complexity index is 459. The molecule has 1 aliphatic heterocycles. The maximum Gasteiger partial charge on any atom is 0.0545 e. The van der Waals surface area contributed by atoms with Gasteiger partial charge in [-0.3, -0.25) is 0 Å². The van der Waals surface area contributed by atoms with Crippen molar-refractivity contribution in [3.8, 4) is 0 Å². The van der Waals surface area contributed by atoms with Crippen LogP contribution in [-0.4, -0.2) is 43.2 Å². The van der Waals surface area contributed by atoms with Crippen LogP contribution in [0.2, 0.25) is 0 Å². The summed E-state index contributed by atoms with van der Waals surface area (Å²) in [7, 11) is 2.18. The van der Waals surface area contributed by atoms with E-state index in [-0.39, 0.29) is 5.54 Å². The maximum atomic E-state index is 6.00. The van der Waals surface area contributed by atoms with E-state index >= 15 is 0 Å². The summed E-state index contributed by atoms with van der Waals surface area (Å²) in [6.45, 7) is 9.48. The van der Waals surface area contributed by atoms with Crippen LogP contribution in [0.15, 0.2) is 22.7 Å². The molecule has 0 saturated carbocycles. The van der Waals surface area contributed by atoms with Crippen molar-refractivity contribution in [2.45, 2.75) is 32.4 Å². The van der Waals surface area contributed by atoms with Crippen molar-refractivity contribution in [3.63, 3.8) is 0 Å². The van der Waals surface area contributed by atoms with E-state index in [9.17, 15) is 0 Å². The predicted molar refractivity (Wildman–Crippen MR) is 85.8 cm³/mol. The molecule has 1 atom stereocenters. The lowest BCUT2D eigenvalue weighted by molar-refractivity contribution is 0.182. The molecule has 0 aromatic heterocycles. The summed E-state index contributed by atoms with van der Waals surface area (Å²) >= 11 is 3.57. The van der Waals surface area contributed by atoms with Gasteiger partial charge in [0.25, 0.3) is 0 Å². The van der Waals surface area contributed by atoms with Crippen LogP contribution in [0.5, 0.6) is 0 Å². The number of nitrogens with two attached hydrogens (primary N) is 1. The van der Waals surface area contributed by atoms with Gasteiger partial charge >= 0.3 is 0 Å². The van der Waals surface area contributed by atoms with Gasteiger partial charge in [0.05, 0.1) is 6.04 Å². The molecule has 0 aliphatic carbocycles. The molecule has 0 amide bonds. The van der Waals surface area contributed by atoms with Crippen molar-refractivity contribution in [2.75, 3.05) is 31.6 Å². The van der Waals surface area contributed by atoms with Crippen molar-refractivity contribution in [2.24, 2.45) is 5.73 Å². The van der Waals surface area contributed by atoms with Crippen LogP contribution in [0.1, 0.15) is 19.4 Å². The quantitative estimate of drug-likeness (QED) is 0.907. The molecule has 1 aromatic rings. The molecule has 19 heavy (non-hydrogen) atoms. The Morgan fingerprint density at radius 1 is 1.42 bits per heavy atom. The number of piperazine rings is 1. The van der Waals surface area contributed by atoms with Gasteiger partial charge in [-0.2, -0.15) is 0 Å². The molecule has 0 bridgehead atoms. The molecule has 0 radical (unpaired) electrons. The van der Waals surface area contributed by atoms with E-state index in [0.29, 0.717) is 12.6 Å². The molecule has 2 rings (SSSR count). The second kappa shape index (κ2) is 5.43. The van der Waals surface area contributed by atoms with Crippen molar-refractivity contribution in [3.05, 3.63) is 28.2 Å². The van der Waals surface area contributed by atoms with Crippen molar-refractivity contribution in [1.29, 1.82) is 0 Å². The molecule has 1 aromatic carbocycles. The number of anilines is 1. The highest BCUT2D eigenvalue weighted by Gasteiger charge is 2.38. The van der Waals surface area contributed by atoms with Crippen LogP contribution < -0.4 is 10.6 Å². The molecule has 1 saturated heterocycles. The first-order valence-corrected chi connectivity index (χ1v) is 7.58. The fourth-order valence-corrected chi connectivity index (χ4v) is 3.50. The highest BCUT2D eigenvalue weighted by atomic mass is 79.9. The lowest BCUT2D eigenvalue weighted by atomic mass is 9.93. The second-order valence-corrected chi connectivity index (χ2v) is 7.06. The number of likely N-dealkylation sites (N-methyl/N-ethyl adjacent to an activating group) is 1. The molecule has 1 heterocycles. The van der Waals surface area contributed by atoms with Crippen LogP contribution in [0.25, 0.3) is 0 Å². The summed E-state index contributed by atoms with van der Waals surface area (Å²) in [6, 6.07) is 6.94.